The molecule has 2 aromatic carbocycles. The van der Waals surface area contributed by atoms with Crippen molar-refractivity contribution in [3.8, 4) is 11.5 Å². The van der Waals surface area contributed by atoms with Gasteiger partial charge in [-0.1, -0.05) is 42.8 Å². The van der Waals surface area contributed by atoms with Gasteiger partial charge in [0, 0.05) is 0 Å². The molecular weight excluding hydrogens is 406 g/mol. The quantitative estimate of drug-likeness (QED) is 0.541. The Morgan fingerprint density at radius 2 is 1.87 bits per heavy atom. The molecule has 0 unspecified atom stereocenters. The molecular formula is C21H22ClN5O3. The van der Waals surface area contributed by atoms with E-state index in [4.69, 9.17) is 21.8 Å². The predicted octanol–water partition coefficient (Wildman–Crippen LogP) is 3.34. The second-order valence-electron chi connectivity index (χ2n) is 6.65. The molecule has 0 fully saturated rings. The lowest BCUT2D eigenvalue weighted by atomic mass is 10.1. The monoisotopic (exact) mass is 427 g/mol. The Balaban J connectivity index is 1.68. The SMILES string of the molecule is CCCN(CC(=O)Nc1ccccc1C(N)=O)Cc1nnc(-c2ccccc2Cl)o1. The molecule has 3 N–H and O–H groups in total. The second kappa shape index (κ2) is 10.00. The van der Waals surface area contributed by atoms with Crippen molar-refractivity contribution >= 4 is 29.1 Å². The topological polar surface area (TPSA) is 114 Å². The zero-order valence-corrected chi connectivity index (χ0v) is 17.2. The number of carbonyl (C=O) groups excluding carboxylic acids is 2. The molecule has 0 aliphatic heterocycles. The number of nitrogens with zero attached hydrogens (tertiary/aromatic N) is 3. The van der Waals surface area contributed by atoms with Gasteiger partial charge in [-0.05, 0) is 37.2 Å². The van der Waals surface area contributed by atoms with E-state index in [0.29, 0.717) is 41.1 Å². The lowest BCUT2D eigenvalue weighted by molar-refractivity contribution is -0.117. The summed E-state index contributed by atoms with van der Waals surface area (Å²) in [5, 5.41) is 11.4. The molecule has 0 bridgehead atoms. The maximum Gasteiger partial charge on any atom is 0.250 e. The van der Waals surface area contributed by atoms with Crippen molar-refractivity contribution in [2.24, 2.45) is 5.73 Å². The van der Waals surface area contributed by atoms with Crippen molar-refractivity contribution < 1.29 is 14.0 Å². The lowest BCUT2D eigenvalue weighted by Crippen LogP contribution is -2.34. The van der Waals surface area contributed by atoms with Gasteiger partial charge in [0.1, 0.15) is 0 Å². The van der Waals surface area contributed by atoms with Gasteiger partial charge in [-0.15, -0.1) is 10.2 Å². The van der Waals surface area contributed by atoms with Crippen molar-refractivity contribution in [1.29, 1.82) is 0 Å². The number of nitrogens with two attached hydrogens (primary N) is 1. The highest BCUT2D eigenvalue weighted by atomic mass is 35.5. The van der Waals surface area contributed by atoms with Gasteiger partial charge in [-0.25, -0.2) is 0 Å². The summed E-state index contributed by atoms with van der Waals surface area (Å²) in [4.78, 5) is 26.0. The van der Waals surface area contributed by atoms with E-state index in [2.05, 4.69) is 15.5 Å². The average Bonchev–Trinajstić information content (AvgIpc) is 3.17. The first-order valence-electron chi connectivity index (χ1n) is 9.46. The van der Waals surface area contributed by atoms with Crippen molar-refractivity contribution in [3.63, 3.8) is 0 Å². The van der Waals surface area contributed by atoms with Gasteiger partial charge >= 0.3 is 0 Å². The van der Waals surface area contributed by atoms with Crippen molar-refractivity contribution in [1.82, 2.24) is 15.1 Å². The maximum atomic E-state index is 12.5. The first-order valence-corrected chi connectivity index (χ1v) is 9.84. The summed E-state index contributed by atoms with van der Waals surface area (Å²) in [5.74, 6) is -0.173. The second-order valence-corrected chi connectivity index (χ2v) is 7.06. The van der Waals surface area contributed by atoms with Crippen LogP contribution < -0.4 is 11.1 Å². The third-order valence-electron chi connectivity index (χ3n) is 4.30. The third-order valence-corrected chi connectivity index (χ3v) is 4.63. The number of nitrogens with one attached hydrogen (secondary N) is 1. The Hall–Kier alpha value is -3.23. The zero-order chi connectivity index (χ0) is 21.5. The van der Waals surface area contributed by atoms with Gasteiger partial charge < -0.3 is 15.5 Å². The van der Waals surface area contributed by atoms with Crippen molar-refractivity contribution in [3.05, 3.63) is 65.0 Å². The number of rotatable bonds is 9. The largest absolute Gasteiger partial charge is 0.419 e. The number of benzene rings is 2. The summed E-state index contributed by atoms with van der Waals surface area (Å²) >= 11 is 6.18. The van der Waals surface area contributed by atoms with E-state index in [1.807, 2.05) is 24.0 Å². The van der Waals surface area contributed by atoms with E-state index < -0.39 is 5.91 Å². The molecule has 0 radical (unpaired) electrons. The minimum absolute atomic E-state index is 0.0880. The molecule has 0 saturated carbocycles. The Morgan fingerprint density at radius 3 is 2.60 bits per heavy atom. The van der Waals surface area contributed by atoms with E-state index in [0.717, 1.165) is 6.42 Å². The van der Waals surface area contributed by atoms with E-state index in [1.54, 1.807) is 36.4 Å². The smallest absolute Gasteiger partial charge is 0.250 e. The van der Waals surface area contributed by atoms with E-state index in [-0.39, 0.29) is 18.0 Å². The molecule has 9 heteroatoms. The number of hydrogen-bond donors (Lipinski definition) is 2. The summed E-state index contributed by atoms with van der Waals surface area (Å²) in [6.07, 6.45) is 0.830. The molecule has 0 atom stereocenters. The summed E-state index contributed by atoms with van der Waals surface area (Å²) in [7, 11) is 0. The summed E-state index contributed by atoms with van der Waals surface area (Å²) in [6.45, 7) is 3.05. The van der Waals surface area contributed by atoms with Crippen LogP contribution in [0.15, 0.2) is 52.9 Å². The maximum absolute atomic E-state index is 12.5. The molecule has 30 heavy (non-hydrogen) atoms. The zero-order valence-electron chi connectivity index (χ0n) is 16.5. The van der Waals surface area contributed by atoms with Crippen LogP contribution in [-0.4, -0.2) is 40.0 Å². The molecule has 3 rings (SSSR count). The van der Waals surface area contributed by atoms with Crippen LogP contribution in [0, 0.1) is 0 Å². The fourth-order valence-electron chi connectivity index (χ4n) is 2.98. The third kappa shape index (κ3) is 5.43. The number of carbonyl (C=O) groups is 2. The lowest BCUT2D eigenvalue weighted by Gasteiger charge is -2.19. The summed E-state index contributed by atoms with van der Waals surface area (Å²) in [6, 6.07) is 13.8. The molecule has 2 amide bonds. The molecule has 0 spiro atoms. The fourth-order valence-corrected chi connectivity index (χ4v) is 3.20. The Labute approximate surface area is 179 Å². The van der Waals surface area contributed by atoms with Crippen LogP contribution in [0.5, 0.6) is 0 Å². The van der Waals surface area contributed by atoms with Gasteiger partial charge in [-0.2, -0.15) is 0 Å². The minimum Gasteiger partial charge on any atom is -0.419 e. The van der Waals surface area contributed by atoms with Gasteiger partial charge in [0.05, 0.1) is 34.9 Å². The number of hydrogen-bond acceptors (Lipinski definition) is 6. The molecule has 8 nitrogen and oxygen atoms in total. The molecule has 0 aliphatic rings. The van der Waals surface area contributed by atoms with Crippen LogP contribution in [-0.2, 0) is 11.3 Å². The molecule has 156 valence electrons. The van der Waals surface area contributed by atoms with Gasteiger partial charge in [-0.3, -0.25) is 14.5 Å². The Kier molecular flexibility index (Phi) is 7.16. The molecule has 1 heterocycles. The molecule has 1 aromatic heterocycles. The highest BCUT2D eigenvalue weighted by Crippen LogP contribution is 2.26. The number of aromatic nitrogens is 2. The Morgan fingerprint density at radius 1 is 1.13 bits per heavy atom. The standard InChI is InChI=1S/C21H22ClN5O3/c1-2-11-27(12-18(28)24-17-10-6-4-8-15(17)20(23)29)13-19-25-26-21(30-19)14-7-3-5-9-16(14)22/h3-10H,2,11-13H2,1H3,(H2,23,29)(H,24,28). The van der Waals surface area contributed by atoms with Crippen molar-refractivity contribution in [2.45, 2.75) is 19.9 Å². The van der Waals surface area contributed by atoms with E-state index >= 15 is 0 Å². The number of halogens is 1. The normalized spacial score (nSPS) is 10.9. The number of amides is 2. The predicted molar refractivity (Wildman–Crippen MR) is 114 cm³/mol. The highest BCUT2D eigenvalue weighted by molar-refractivity contribution is 6.33. The first-order chi connectivity index (χ1) is 14.5. The molecule has 0 aliphatic carbocycles. The minimum atomic E-state index is -0.603. The van der Waals surface area contributed by atoms with Crippen LogP contribution in [0.1, 0.15) is 29.6 Å². The number of para-hydroxylation sites is 1. The van der Waals surface area contributed by atoms with Crippen LogP contribution >= 0.6 is 11.6 Å². The van der Waals surface area contributed by atoms with Gasteiger partial charge in [0.2, 0.25) is 17.7 Å². The van der Waals surface area contributed by atoms with Crippen LogP contribution in [0.2, 0.25) is 5.02 Å². The van der Waals surface area contributed by atoms with E-state index in [9.17, 15) is 9.59 Å². The van der Waals surface area contributed by atoms with E-state index in [1.165, 1.54) is 0 Å². The van der Waals surface area contributed by atoms with Crippen molar-refractivity contribution in [2.75, 3.05) is 18.4 Å². The number of anilines is 1. The fraction of sp³-hybridized carbons (Fsp3) is 0.238. The highest BCUT2D eigenvalue weighted by Gasteiger charge is 2.17. The summed E-state index contributed by atoms with van der Waals surface area (Å²) < 4.78 is 5.74. The van der Waals surface area contributed by atoms with Gasteiger partial charge in [0.25, 0.3) is 5.91 Å². The molecule has 0 saturated heterocycles. The van der Waals surface area contributed by atoms with Crippen LogP contribution in [0.25, 0.3) is 11.5 Å². The average molecular weight is 428 g/mol. The summed E-state index contributed by atoms with van der Waals surface area (Å²) in [5.41, 5.74) is 6.66. The Bertz CT molecular complexity index is 1040. The first kappa shape index (κ1) is 21.5. The van der Waals surface area contributed by atoms with Gasteiger partial charge in [0.15, 0.2) is 0 Å². The molecule has 3 aromatic rings. The number of primary amides is 1. The van der Waals surface area contributed by atoms with Crippen LogP contribution in [0.4, 0.5) is 5.69 Å². The van der Waals surface area contributed by atoms with Crippen LogP contribution in [0.3, 0.4) is 0 Å².